The monoisotopic (exact) mass is 261 g/mol. The maximum atomic E-state index is 11.9. The van der Waals surface area contributed by atoms with Gasteiger partial charge in [-0.15, -0.1) is 0 Å². The summed E-state index contributed by atoms with van der Waals surface area (Å²) in [4.78, 5) is 11.4. The first kappa shape index (κ1) is 12.8. The molecular weight excluding hydrogens is 242 g/mol. The van der Waals surface area contributed by atoms with Gasteiger partial charge in [0, 0.05) is 38.6 Å². The molecule has 1 aliphatic carbocycles. The van der Waals surface area contributed by atoms with Gasteiger partial charge < -0.3 is 10.6 Å². The first-order chi connectivity index (χ1) is 8.08. The molecule has 0 radical (unpaired) electrons. The molecule has 0 aromatic carbocycles. The summed E-state index contributed by atoms with van der Waals surface area (Å²) in [5.74, 6) is -0.225. The second kappa shape index (κ2) is 5.32. The number of rotatable bonds is 5. The van der Waals surface area contributed by atoms with Gasteiger partial charge in [0.15, 0.2) is 0 Å². The topological polar surface area (TPSA) is 78.5 Å². The van der Waals surface area contributed by atoms with Crippen LogP contribution < -0.4 is 10.6 Å². The number of hydrogen-bond donors (Lipinski definition) is 2. The molecule has 0 spiro atoms. The van der Waals surface area contributed by atoms with Crippen molar-refractivity contribution in [2.24, 2.45) is 0 Å². The van der Waals surface area contributed by atoms with E-state index in [2.05, 4.69) is 10.6 Å². The van der Waals surface area contributed by atoms with Gasteiger partial charge in [0.05, 0.1) is 5.75 Å². The largest absolute Gasteiger partial charge is 0.353 e. The van der Waals surface area contributed by atoms with Crippen molar-refractivity contribution in [3.05, 3.63) is 0 Å². The highest BCUT2D eigenvalue weighted by molar-refractivity contribution is 7.89. The van der Waals surface area contributed by atoms with Gasteiger partial charge in [0.25, 0.3) is 0 Å². The van der Waals surface area contributed by atoms with Crippen molar-refractivity contribution in [3.8, 4) is 0 Å². The van der Waals surface area contributed by atoms with Gasteiger partial charge in [0.1, 0.15) is 0 Å². The Morgan fingerprint density at radius 2 is 1.94 bits per heavy atom. The fourth-order valence-corrected chi connectivity index (χ4v) is 3.24. The summed E-state index contributed by atoms with van der Waals surface area (Å²) in [5, 5.41) is 5.90. The Balaban J connectivity index is 1.77. The van der Waals surface area contributed by atoms with E-state index in [0.717, 1.165) is 12.8 Å². The van der Waals surface area contributed by atoms with Crippen LogP contribution in [-0.4, -0.2) is 56.6 Å². The Morgan fingerprint density at radius 3 is 2.53 bits per heavy atom. The maximum absolute atomic E-state index is 11.9. The molecule has 0 aromatic rings. The van der Waals surface area contributed by atoms with Gasteiger partial charge in [-0.1, -0.05) is 0 Å². The molecule has 1 amide bonds. The van der Waals surface area contributed by atoms with Gasteiger partial charge >= 0.3 is 0 Å². The minimum absolute atomic E-state index is 0.0722. The summed E-state index contributed by atoms with van der Waals surface area (Å²) in [6.07, 6.45) is 2.12. The molecule has 0 bridgehead atoms. The number of piperazine rings is 1. The summed E-state index contributed by atoms with van der Waals surface area (Å²) in [6, 6.07) is 0.296. The zero-order chi connectivity index (χ0) is 12.3. The lowest BCUT2D eigenvalue weighted by atomic mass is 10.4. The van der Waals surface area contributed by atoms with Crippen LogP contribution in [0.5, 0.6) is 0 Å². The molecule has 1 aliphatic heterocycles. The Labute approximate surface area is 102 Å². The molecule has 6 nitrogen and oxygen atoms in total. The fraction of sp³-hybridized carbons (Fsp3) is 0.900. The molecule has 0 atom stereocenters. The lowest BCUT2D eigenvalue weighted by molar-refractivity contribution is -0.120. The summed E-state index contributed by atoms with van der Waals surface area (Å²) in [6.45, 7) is 2.39. The molecular formula is C10H19N3O3S. The van der Waals surface area contributed by atoms with Crippen LogP contribution in [0.25, 0.3) is 0 Å². The Bertz CT molecular complexity index is 372. The molecule has 2 N–H and O–H groups in total. The van der Waals surface area contributed by atoms with Crippen LogP contribution in [0.2, 0.25) is 0 Å². The van der Waals surface area contributed by atoms with Gasteiger partial charge in [-0.05, 0) is 12.8 Å². The first-order valence-corrected chi connectivity index (χ1v) is 7.67. The Morgan fingerprint density at radius 1 is 1.29 bits per heavy atom. The predicted molar refractivity (Wildman–Crippen MR) is 64.0 cm³/mol. The average Bonchev–Trinajstić information content (AvgIpc) is 3.12. The highest BCUT2D eigenvalue weighted by Crippen LogP contribution is 2.18. The normalized spacial score (nSPS) is 22.4. The lowest BCUT2D eigenvalue weighted by Gasteiger charge is -2.26. The van der Waals surface area contributed by atoms with Crippen LogP contribution in [0.4, 0.5) is 0 Å². The molecule has 17 heavy (non-hydrogen) atoms. The average molecular weight is 261 g/mol. The van der Waals surface area contributed by atoms with E-state index in [1.807, 2.05) is 0 Å². The predicted octanol–water partition coefficient (Wildman–Crippen LogP) is -1.11. The molecule has 1 saturated heterocycles. The smallest absolute Gasteiger partial charge is 0.221 e. The number of amides is 1. The number of carbonyl (C=O) groups excluding carboxylic acids is 1. The van der Waals surface area contributed by atoms with Crippen molar-refractivity contribution in [2.75, 3.05) is 31.9 Å². The minimum Gasteiger partial charge on any atom is -0.353 e. The van der Waals surface area contributed by atoms with Crippen LogP contribution >= 0.6 is 0 Å². The summed E-state index contributed by atoms with van der Waals surface area (Å²) in [5.41, 5.74) is 0. The van der Waals surface area contributed by atoms with Crippen molar-refractivity contribution in [3.63, 3.8) is 0 Å². The van der Waals surface area contributed by atoms with Crippen molar-refractivity contribution in [1.29, 1.82) is 0 Å². The molecule has 2 fully saturated rings. The molecule has 0 unspecified atom stereocenters. The van der Waals surface area contributed by atoms with Crippen LogP contribution in [0, 0.1) is 0 Å². The third-order valence-corrected chi connectivity index (χ3v) is 4.87. The van der Waals surface area contributed by atoms with Gasteiger partial charge in [0.2, 0.25) is 15.9 Å². The Hall–Kier alpha value is -0.660. The third-order valence-electron chi connectivity index (χ3n) is 3.00. The Kier molecular flexibility index (Phi) is 4.01. The number of nitrogens with zero attached hydrogens (tertiary/aromatic N) is 1. The molecule has 1 saturated carbocycles. The first-order valence-electron chi connectivity index (χ1n) is 6.06. The minimum atomic E-state index is -3.26. The van der Waals surface area contributed by atoms with Crippen LogP contribution in [-0.2, 0) is 14.8 Å². The molecule has 0 aromatic heterocycles. The van der Waals surface area contributed by atoms with E-state index in [1.54, 1.807) is 0 Å². The molecule has 98 valence electrons. The van der Waals surface area contributed by atoms with Gasteiger partial charge in [-0.25, -0.2) is 8.42 Å². The number of nitrogens with one attached hydrogen (secondary N) is 2. The highest BCUT2D eigenvalue weighted by atomic mass is 32.2. The molecule has 1 heterocycles. The summed E-state index contributed by atoms with van der Waals surface area (Å²) < 4.78 is 25.3. The SMILES string of the molecule is O=C(CCS(=O)(=O)N1CCNCC1)NC1CC1. The zero-order valence-corrected chi connectivity index (χ0v) is 10.6. The van der Waals surface area contributed by atoms with E-state index >= 15 is 0 Å². The van der Waals surface area contributed by atoms with E-state index in [1.165, 1.54) is 4.31 Å². The molecule has 2 rings (SSSR count). The maximum Gasteiger partial charge on any atom is 0.221 e. The summed E-state index contributed by atoms with van der Waals surface area (Å²) >= 11 is 0. The van der Waals surface area contributed by atoms with E-state index in [9.17, 15) is 13.2 Å². The van der Waals surface area contributed by atoms with Crippen molar-refractivity contribution >= 4 is 15.9 Å². The zero-order valence-electron chi connectivity index (χ0n) is 9.81. The van der Waals surface area contributed by atoms with Gasteiger partial charge in [-0.2, -0.15) is 4.31 Å². The van der Waals surface area contributed by atoms with Crippen LogP contribution in [0.15, 0.2) is 0 Å². The summed E-state index contributed by atoms with van der Waals surface area (Å²) in [7, 11) is -3.26. The van der Waals surface area contributed by atoms with Crippen LogP contribution in [0.1, 0.15) is 19.3 Å². The molecule has 2 aliphatic rings. The second-order valence-electron chi connectivity index (χ2n) is 4.56. The van der Waals surface area contributed by atoms with Crippen molar-refractivity contribution in [2.45, 2.75) is 25.3 Å². The van der Waals surface area contributed by atoms with E-state index in [-0.39, 0.29) is 18.1 Å². The third kappa shape index (κ3) is 3.93. The standard InChI is InChI=1S/C10H19N3O3S/c14-10(12-9-1-2-9)3-8-17(15,16)13-6-4-11-5-7-13/h9,11H,1-8H2,(H,12,14). The number of sulfonamides is 1. The molecule has 7 heteroatoms. The van der Waals surface area contributed by atoms with Crippen LogP contribution in [0.3, 0.4) is 0 Å². The van der Waals surface area contributed by atoms with E-state index < -0.39 is 10.0 Å². The van der Waals surface area contributed by atoms with Crippen molar-refractivity contribution < 1.29 is 13.2 Å². The lowest BCUT2D eigenvalue weighted by Crippen LogP contribution is -2.47. The van der Waals surface area contributed by atoms with E-state index in [0.29, 0.717) is 32.2 Å². The number of carbonyl (C=O) groups is 1. The van der Waals surface area contributed by atoms with Crippen molar-refractivity contribution in [1.82, 2.24) is 14.9 Å². The quantitative estimate of drug-likeness (QED) is 0.658. The highest BCUT2D eigenvalue weighted by Gasteiger charge is 2.26. The number of hydrogen-bond acceptors (Lipinski definition) is 4. The fourth-order valence-electron chi connectivity index (χ4n) is 1.80. The van der Waals surface area contributed by atoms with E-state index in [4.69, 9.17) is 0 Å². The second-order valence-corrected chi connectivity index (χ2v) is 6.65. The van der Waals surface area contributed by atoms with Gasteiger partial charge in [-0.3, -0.25) is 4.79 Å².